The SMILES string of the molecule is CCc1nc2n(n1)CCC[C@@H]2NC(=O)c1c(C(C)C)n[nH]c1C. The van der Waals surface area contributed by atoms with Crippen molar-refractivity contribution in [1.29, 1.82) is 0 Å². The van der Waals surface area contributed by atoms with Crippen LogP contribution < -0.4 is 5.32 Å². The van der Waals surface area contributed by atoms with Crippen LogP contribution in [-0.4, -0.2) is 30.9 Å². The molecular weight excluding hydrogens is 292 g/mol. The van der Waals surface area contributed by atoms with E-state index in [1.165, 1.54) is 0 Å². The Kier molecular flexibility index (Phi) is 4.19. The molecule has 1 aliphatic rings. The second-order valence-electron chi connectivity index (χ2n) is 6.39. The Labute approximate surface area is 135 Å². The molecule has 1 atom stereocenters. The van der Waals surface area contributed by atoms with Crippen LogP contribution in [-0.2, 0) is 13.0 Å². The number of hydrogen-bond acceptors (Lipinski definition) is 4. The highest BCUT2D eigenvalue weighted by atomic mass is 16.1. The third kappa shape index (κ3) is 2.87. The van der Waals surface area contributed by atoms with Crippen LogP contribution in [0.4, 0.5) is 0 Å². The zero-order valence-corrected chi connectivity index (χ0v) is 14.2. The molecule has 3 rings (SSSR count). The Morgan fingerprint density at radius 3 is 2.96 bits per heavy atom. The molecule has 0 unspecified atom stereocenters. The van der Waals surface area contributed by atoms with Crippen molar-refractivity contribution in [3.05, 3.63) is 28.6 Å². The quantitative estimate of drug-likeness (QED) is 0.905. The average molecular weight is 316 g/mol. The van der Waals surface area contributed by atoms with Crippen molar-refractivity contribution in [2.75, 3.05) is 0 Å². The van der Waals surface area contributed by atoms with Gasteiger partial charge in [-0.2, -0.15) is 10.2 Å². The van der Waals surface area contributed by atoms with Gasteiger partial charge in [0.05, 0.1) is 17.3 Å². The van der Waals surface area contributed by atoms with Crippen LogP contribution in [0.2, 0.25) is 0 Å². The molecule has 0 aromatic carbocycles. The minimum absolute atomic E-state index is 0.0838. The molecular formula is C16H24N6O. The first kappa shape index (κ1) is 15.7. The van der Waals surface area contributed by atoms with Crippen LogP contribution in [0, 0.1) is 6.92 Å². The van der Waals surface area contributed by atoms with E-state index in [0.29, 0.717) is 5.56 Å². The molecule has 7 heteroatoms. The fourth-order valence-corrected chi connectivity index (χ4v) is 3.07. The zero-order chi connectivity index (χ0) is 16.6. The highest BCUT2D eigenvalue weighted by Gasteiger charge is 2.28. The van der Waals surface area contributed by atoms with E-state index in [4.69, 9.17) is 0 Å². The maximum atomic E-state index is 12.8. The van der Waals surface area contributed by atoms with Crippen LogP contribution in [0.3, 0.4) is 0 Å². The molecule has 0 saturated heterocycles. The minimum atomic E-state index is -0.0848. The van der Waals surface area contributed by atoms with Crippen molar-refractivity contribution in [2.45, 2.75) is 65.5 Å². The van der Waals surface area contributed by atoms with Gasteiger partial charge in [-0.15, -0.1) is 0 Å². The summed E-state index contributed by atoms with van der Waals surface area (Å²) in [4.78, 5) is 17.4. The highest BCUT2D eigenvalue weighted by molar-refractivity contribution is 5.96. The highest BCUT2D eigenvalue weighted by Crippen LogP contribution is 2.25. The van der Waals surface area contributed by atoms with Gasteiger partial charge in [-0.25, -0.2) is 9.67 Å². The third-order valence-corrected chi connectivity index (χ3v) is 4.29. The number of hydrogen-bond donors (Lipinski definition) is 2. The van der Waals surface area contributed by atoms with E-state index in [1.54, 1.807) is 0 Å². The lowest BCUT2D eigenvalue weighted by molar-refractivity contribution is 0.0925. The molecule has 0 spiro atoms. The van der Waals surface area contributed by atoms with Gasteiger partial charge in [-0.1, -0.05) is 20.8 Å². The maximum Gasteiger partial charge on any atom is 0.255 e. The van der Waals surface area contributed by atoms with Gasteiger partial charge in [0, 0.05) is 18.7 Å². The fraction of sp³-hybridized carbons (Fsp3) is 0.625. The number of aryl methyl sites for hydroxylation is 3. The Hall–Kier alpha value is -2.18. The monoisotopic (exact) mass is 316 g/mol. The molecule has 2 aromatic rings. The van der Waals surface area contributed by atoms with Gasteiger partial charge in [0.15, 0.2) is 5.82 Å². The van der Waals surface area contributed by atoms with Crippen LogP contribution >= 0.6 is 0 Å². The number of nitrogens with zero attached hydrogens (tertiary/aromatic N) is 4. The molecule has 2 N–H and O–H groups in total. The molecule has 7 nitrogen and oxygen atoms in total. The van der Waals surface area contributed by atoms with Gasteiger partial charge in [0.1, 0.15) is 5.82 Å². The summed E-state index contributed by atoms with van der Waals surface area (Å²) < 4.78 is 1.93. The lowest BCUT2D eigenvalue weighted by Crippen LogP contribution is -2.34. The number of amides is 1. The summed E-state index contributed by atoms with van der Waals surface area (Å²) in [5.74, 6) is 1.82. The predicted octanol–water partition coefficient (Wildman–Crippen LogP) is 2.26. The summed E-state index contributed by atoms with van der Waals surface area (Å²) in [6.45, 7) is 8.87. The van der Waals surface area contributed by atoms with E-state index in [1.807, 2.05) is 32.4 Å². The summed E-state index contributed by atoms with van der Waals surface area (Å²) in [6.07, 6.45) is 2.69. The summed E-state index contributed by atoms with van der Waals surface area (Å²) in [6, 6.07) is -0.0848. The van der Waals surface area contributed by atoms with Crippen LogP contribution in [0.25, 0.3) is 0 Å². The first-order valence-electron chi connectivity index (χ1n) is 8.30. The number of aromatic nitrogens is 5. The number of carbonyl (C=O) groups excluding carboxylic acids is 1. The van der Waals surface area contributed by atoms with E-state index < -0.39 is 0 Å². The van der Waals surface area contributed by atoms with Gasteiger partial charge in [-0.3, -0.25) is 9.89 Å². The molecule has 0 saturated carbocycles. The predicted molar refractivity (Wildman–Crippen MR) is 86.3 cm³/mol. The first-order valence-corrected chi connectivity index (χ1v) is 8.30. The zero-order valence-electron chi connectivity index (χ0n) is 14.2. The lowest BCUT2D eigenvalue weighted by atomic mass is 10.0. The summed E-state index contributed by atoms with van der Waals surface area (Å²) >= 11 is 0. The number of carbonyl (C=O) groups is 1. The molecule has 0 fully saturated rings. The first-order chi connectivity index (χ1) is 11.0. The van der Waals surface area contributed by atoms with Crippen molar-refractivity contribution >= 4 is 5.91 Å². The summed E-state index contributed by atoms with van der Waals surface area (Å²) in [7, 11) is 0. The van der Waals surface area contributed by atoms with Crippen molar-refractivity contribution < 1.29 is 4.79 Å². The Morgan fingerprint density at radius 1 is 1.48 bits per heavy atom. The van der Waals surface area contributed by atoms with E-state index in [-0.39, 0.29) is 17.9 Å². The van der Waals surface area contributed by atoms with Crippen molar-refractivity contribution in [2.24, 2.45) is 0 Å². The average Bonchev–Trinajstić information content (AvgIpc) is 3.10. The van der Waals surface area contributed by atoms with Gasteiger partial charge in [0.25, 0.3) is 5.91 Å². The van der Waals surface area contributed by atoms with Crippen LogP contribution in [0.15, 0.2) is 0 Å². The lowest BCUT2D eigenvalue weighted by Gasteiger charge is -2.23. The van der Waals surface area contributed by atoms with E-state index in [9.17, 15) is 4.79 Å². The Morgan fingerprint density at radius 2 is 2.26 bits per heavy atom. The summed E-state index contributed by atoms with van der Waals surface area (Å²) in [5.41, 5.74) is 2.27. The van der Waals surface area contributed by atoms with Crippen LogP contribution in [0.1, 0.15) is 79.0 Å². The molecule has 0 aliphatic carbocycles. The smallest absolute Gasteiger partial charge is 0.255 e. The Bertz CT molecular complexity index is 714. The van der Waals surface area contributed by atoms with Crippen molar-refractivity contribution in [3.63, 3.8) is 0 Å². The minimum Gasteiger partial charge on any atom is -0.342 e. The molecule has 3 heterocycles. The van der Waals surface area contributed by atoms with Gasteiger partial charge >= 0.3 is 0 Å². The Balaban J connectivity index is 1.85. The van der Waals surface area contributed by atoms with Gasteiger partial charge < -0.3 is 5.32 Å². The van der Waals surface area contributed by atoms with Crippen LogP contribution in [0.5, 0.6) is 0 Å². The standard InChI is InChI=1S/C16H24N6O/c1-5-12-18-15-11(7-6-8-22(15)21-12)17-16(23)13-10(4)19-20-14(13)9(2)3/h9,11H,5-8H2,1-4H3,(H,17,23)(H,19,20)/t11-/m0/s1. The van der Waals surface area contributed by atoms with Crippen molar-refractivity contribution in [3.8, 4) is 0 Å². The second-order valence-corrected chi connectivity index (χ2v) is 6.39. The number of fused-ring (bicyclic) bond motifs is 1. The molecule has 1 aliphatic heterocycles. The summed E-state index contributed by atoms with van der Waals surface area (Å²) in [5, 5.41) is 14.8. The fourth-order valence-electron chi connectivity index (χ4n) is 3.07. The largest absolute Gasteiger partial charge is 0.342 e. The number of nitrogens with one attached hydrogen (secondary N) is 2. The number of aromatic amines is 1. The molecule has 0 bridgehead atoms. The normalized spacial score (nSPS) is 17.3. The molecule has 124 valence electrons. The van der Waals surface area contributed by atoms with E-state index in [2.05, 4.69) is 25.6 Å². The second kappa shape index (κ2) is 6.14. The topological polar surface area (TPSA) is 88.5 Å². The van der Waals surface area contributed by atoms with Gasteiger partial charge in [-0.05, 0) is 25.7 Å². The van der Waals surface area contributed by atoms with Crippen molar-refractivity contribution in [1.82, 2.24) is 30.3 Å². The molecule has 23 heavy (non-hydrogen) atoms. The van der Waals surface area contributed by atoms with E-state index >= 15 is 0 Å². The molecule has 2 aromatic heterocycles. The van der Waals surface area contributed by atoms with Gasteiger partial charge in [0.2, 0.25) is 0 Å². The number of H-pyrrole nitrogens is 1. The molecule has 0 radical (unpaired) electrons. The van der Waals surface area contributed by atoms with E-state index in [0.717, 1.165) is 48.8 Å². The third-order valence-electron chi connectivity index (χ3n) is 4.29. The molecule has 1 amide bonds. The maximum absolute atomic E-state index is 12.8. The number of rotatable bonds is 4.